The second-order valence-electron chi connectivity index (χ2n) is 6.71. The van der Waals surface area contributed by atoms with Crippen LogP contribution in [0.5, 0.6) is 0 Å². The molecule has 3 heterocycles. The fourth-order valence-corrected chi connectivity index (χ4v) is 5.38. The van der Waals surface area contributed by atoms with E-state index in [1.54, 1.807) is 22.2 Å². The summed E-state index contributed by atoms with van der Waals surface area (Å²) in [5.74, 6) is -0.356. The van der Waals surface area contributed by atoms with Gasteiger partial charge < -0.3 is 9.80 Å². The zero-order chi connectivity index (χ0) is 18.0. The van der Waals surface area contributed by atoms with Crippen LogP contribution in [0.2, 0.25) is 0 Å². The molecule has 25 heavy (non-hydrogen) atoms. The van der Waals surface area contributed by atoms with Crippen molar-refractivity contribution in [2.75, 3.05) is 24.6 Å². The second-order valence-corrected chi connectivity index (χ2v) is 8.94. The highest BCUT2D eigenvalue weighted by atomic mass is 32.2. The minimum Gasteiger partial charge on any atom is -0.339 e. The summed E-state index contributed by atoms with van der Waals surface area (Å²) in [5.41, 5.74) is 0.977. The molecule has 0 radical (unpaired) electrons. The van der Waals surface area contributed by atoms with Crippen LogP contribution < -0.4 is 0 Å². The smallest absolute Gasteiger partial charge is 0.228 e. The first-order chi connectivity index (χ1) is 11.9. The van der Waals surface area contributed by atoms with E-state index in [0.29, 0.717) is 26.1 Å². The van der Waals surface area contributed by atoms with Gasteiger partial charge in [-0.2, -0.15) is 0 Å². The van der Waals surface area contributed by atoms with Crippen molar-refractivity contribution in [2.45, 2.75) is 32.4 Å². The highest BCUT2D eigenvalue weighted by molar-refractivity contribution is 7.91. The lowest BCUT2D eigenvalue weighted by Crippen LogP contribution is -2.44. The van der Waals surface area contributed by atoms with E-state index in [9.17, 15) is 18.0 Å². The molecule has 1 aromatic rings. The van der Waals surface area contributed by atoms with Crippen LogP contribution in [0.25, 0.3) is 0 Å². The van der Waals surface area contributed by atoms with Gasteiger partial charge >= 0.3 is 0 Å². The van der Waals surface area contributed by atoms with Crippen molar-refractivity contribution >= 4 is 21.7 Å². The Balaban J connectivity index is 1.65. The van der Waals surface area contributed by atoms with Crippen molar-refractivity contribution in [2.24, 2.45) is 5.92 Å². The van der Waals surface area contributed by atoms with Gasteiger partial charge in [-0.1, -0.05) is 0 Å². The average molecular weight is 365 g/mol. The largest absolute Gasteiger partial charge is 0.339 e. The summed E-state index contributed by atoms with van der Waals surface area (Å²) in [6.45, 7) is 3.17. The predicted molar refractivity (Wildman–Crippen MR) is 92.2 cm³/mol. The van der Waals surface area contributed by atoms with Gasteiger partial charge in [0.25, 0.3) is 0 Å². The Morgan fingerprint density at radius 3 is 2.68 bits per heavy atom. The Hall–Kier alpha value is -1.96. The molecule has 8 heteroatoms. The fourth-order valence-electron chi connectivity index (χ4n) is 3.65. The second kappa shape index (κ2) is 7.11. The van der Waals surface area contributed by atoms with Crippen LogP contribution in [0, 0.1) is 5.92 Å². The molecule has 0 N–H and O–H groups in total. The number of aromatic nitrogens is 1. The summed E-state index contributed by atoms with van der Waals surface area (Å²) in [5, 5.41) is 0. The van der Waals surface area contributed by atoms with Gasteiger partial charge in [0.05, 0.1) is 17.4 Å². The Kier molecular flexibility index (Phi) is 5.08. The molecule has 0 aromatic carbocycles. The van der Waals surface area contributed by atoms with Crippen LogP contribution >= 0.6 is 0 Å². The molecule has 2 aliphatic heterocycles. The number of hydrogen-bond donors (Lipinski definition) is 0. The van der Waals surface area contributed by atoms with E-state index in [4.69, 9.17) is 0 Å². The zero-order valence-corrected chi connectivity index (χ0v) is 15.1. The number of carbonyl (C=O) groups excluding carboxylic acids is 2. The van der Waals surface area contributed by atoms with Gasteiger partial charge in [-0.05, 0) is 31.0 Å². The standard InChI is InChI=1S/C17H23N3O4S/c1-2-20(15-5-8-25(23,24)12-15)17(22)14-9-16(21)19(11-14)10-13-3-6-18-7-4-13/h3-4,6-7,14-15H,2,5,8-12H2,1H3. The molecule has 2 atom stereocenters. The van der Waals surface area contributed by atoms with Gasteiger partial charge in [0.2, 0.25) is 11.8 Å². The van der Waals surface area contributed by atoms with Crippen LogP contribution in [-0.2, 0) is 26.0 Å². The maximum Gasteiger partial charge on any atom is 0.228 e. The number of hydrogen-bond acceptors (Lipinski definition) is 5. The molecule has 7 nitrogen and oxygen atoms in total. The van der Waals surface area contributed by atoms with Crippen molar-refractivity contribution in [3.05, 3.63) is 30.1 Å². The Bertz CT molecular complexity index is 750. The summed E-state index contributed by atoms with van der Waals surface area (Å²) < 4.78 is 23.4. The van der Waals surface area contributed by atoms with Gasteiger partial charge in [-0.3, -0.25) is 14.6 Å². The first-order valence-corrected chi connectivity index (χ1v) is 10.4. The van der Waals surface area contributed by atoms with Crippen LogP contribution in [0.3, 0.4) is 0 Å². The molecular weight excluding hydrogens is 342 g/mol. The van der Waals surface area contributed by atoms with Crippen molar-refractivity contribution in [1.82, 2.24) is 14.8 Å². The van der Waals surface area contributed by atoms with E-state index in [2.05, 4.69) is 4.98 Å². The third-order valence-electron chi connectivity index (χ3n) is 4.96. The highest BCUT2D eigenvalue weighted by Gasteiger charge is 2.40. The molecule has 0 saturated carbocycles. The Morgan fingerprint density at radius 2 is 2.08 bits per heavy atom. The molecule has 0 spiro atoms. The molecular formula is C17H23N3O4S. The molecule has 0 bridgehead atoms. The lowest BCUT2D eigenvalue weighted by molar-refractivity contribution is -0.137. The van der Waals surface area contributed by atoms with E-state index < -0.39 is 15.8 Å². The van der Waals surface area contributed by atoms with E-state index in [1.807, 2.05) is 19.1 Å². The normalized spacial score (nSPS) is 25.3. The maximum atomic E-state index is 12.9. The van der Waals surface area contributed by atoms with Crippen molar-refractivity contribution in [3.8, 4) is 0 Å². The molecule has 2 aliphatic rings. The van der Waals surface area contributed by atoms with Gasteiger partial charge in [-0.15, -0.1) is 0 Å². The van der Waals surface area contributed by atoms with E-state index in [-0.39, 0.29) is 35.8 Å². The minimum absolute atomic E-state index is 0.0357. The predicted octanol–water partition coefficient (Wildman–Crippen LogP) is 0.466. The molecule has 136 valence electrons. The summed E-state index contributed by atoms with van der Waals surface area (Å²) in [6.07, 6.45) is 4.04. The number of sulfone groups is 1. The number of carbonyl (C=O) groups is 2. The number of amides is 2. The highest BCUT2D eigenvalue weighted by Crippen LogP contribution is 2.25. The van der Waals surface area contributed by atoms with Crippen LogP contribution in [0.15, 0.2) is 24.5 Å². The number of rotatable bonds is 5. The fraction of sp³-hybridized carbons (Fsp3) is 0.588. The molecule has 2 saturated heterocycles. The first kappa shape index (κ1) is 17.8. The molecule has 1 aromatic heterocycles. The number of pyridine rings is 1. The zero-order valence-electron chi connectivity index (χ0n) is 14.3. The monoisotopic (exact) mass is 365 g/mol. The third-order valence-corrected chi connectivity index (χ3v) is 6.71. The number of nitrogens with zero attached hydrogens (tertiary/aromatic N) is 3. The van der Waals surface area contributed by atoms with Crippen LogP contribution in [0.1, 0.15) is 25.3 Å². The lowest BCUT2D eigenvalue weighted by atomic mass is 10.1. The molecule has 0 aliphatic carbocycles. The quantitative estimate of drug-likeness (QED) is 0.757. The molecule has 2 fully saturated rings. The Labute approximate surface area is 147 Å². The first-order valence-electron chi connectivity index (χ1n) is 8.57. The molecule has 3 rings (SSSR count). The lowest BCUT2D eigenvalue weighted by Gasteiger charge is -2.29. The summed E-state index contributed by atoms with van der Waals surface area (Å²) in [4.78, 5) is 32.4. The van der Waals surface area contributed by atoms with Gasteiger partial charge in [-0.25, -0.2) is 8.42 Å². The number of likely N-dealkylation sites (tertiary alicyclic amines) is 1. The van der Waals surface area contributed by atoms with Crippen molar-refractivity contribution < 1.29 is 18.0 Å². The van der Waals surface area contributed by atoms with Crippen molar-refractivity contribution in [1.29, 1.82) is 0 Å². The Morgan fingerprint density at radius 1 is 1.36 bits per heavy atom. The van der Waals surface area contributed by atoms with Gasteiger partial charge in [0.15, 0.2) is 9.84 Å². The topological polar surface area (TPSA) is 87.7 Å². The average Bonchev–Trinajstić information content (AvgIpc) is 3.12. The van der Waals surface area contributed by atoms with E-state index >= 15 is 0 Å². The van der Waals surface area contributed by atoms with Gasteiger partial charge in [0, 0.05) is 44.5 Å². The molecule has 2 unspecified atom stereocenters. The molecule has 2 amide bonds. The maximum absolute atomic E-state index is 12.9. The van der Waals surface area contributed by atoms with Gasteiger partial charge in [0.1, 0.15) is 0 Å². The van der Waals surface area contributed by atoms with Crippen LogP contribution in [0.4, 0.5) is 0 Å². The summed E-state index contributed by atoms with van der Waals surface area (Å²) in [7, 11) is -3.05. The van der Waals surface area contributed by atoms with E-state index in [0.717, 1.165) is 5.56 Å². The summed E-state index contributed by atoms with van der Waals surface area (Å²) in [6, 6.07) is 3.45. The van der Waals surface area contributed by atoms with E-state index in [1.165, 1.54) is 0 Å². The minimum atomic E-state index is -3.05. The summed E-state index contributed by atoms with van der Waals surface area (Å²) >= 11 is 0. The van der Waals surface area contributed by atoms with Crippen LogP contribution in [-0.4, -0.2) is 65.7 Å². The van der Waals surface area contributed by atoms with Crippen molar-refractivity contribution in [3.63, 3.8) is 0 Å². The third kappa shape index (κ3) is 4.00. The SMILES string of the molecule is CCN(C(=O)C1CC(=O)N(Cc2ccncc2)C1)C1CCS(=O)(=O)C1.